The molecule has 0 saturated heterocycles. The van der Waals surface area contributed by atoms with Gasteiger partial charge in [-0.3, -0.25) is 4.79 Å². The van der Waals surface area contributed by atoms with E-state index in [-0.39, 0.29) is 22.4 Å². The van der Waals surface area contributed by atoms with Gasteiger partial charge in [0.15, 0.2) is 0 Å². The first-order chi connectivity index (χ1) is 13.9. The Morgan fingerprint density at radius 2 is 1.67 bits per heavy atom. The Morgan fingerprint density at radius 1 is 1.07 bits per heavy atom. The van der Waals surface area contributed by atoms with E-state index in [1.165, 1.54) is 4.90 Å². The number of aliphatic hydroxyl groups is 1. The van der Waals surface area contributed by atoms with Crippen LogP contribution < -0.4 is 4.90 Å². The van der Waals surface area contributed by atoms with Crippen molar-refractivity contribution >= 4 is 23.4 Å². The zero-order valence-corrected chi connectivity index (χ0v) is 16.4. The molecule has 0 bridgehead atoms. The molecule has 2 aromatic rings. The van der Waals surface area contributed by atoms with Gasteiger partial charge in [0.05, 0.1) is 5.69 Å². The number of rotatable bonds is 3. The highest BCUT2D eigenvalue weighted by molar-refractivity contribution is 8.00. The summed E-state index contributed by atoms with van der Waals surface area (Å²) in [5, 5.41) is 9.46. The highest BCUT2D eigenvalue weighted by Crippen LogP contribution is 2.52. The second kappa shape index (κ2) is 7.81. The first-order valence-corrected chi connectivity index (χ1v) is 9.82. The van der Waals surface area contributed by atoms with Crippen molar-refractivity contribution in [3.63, 3.8) is 0 Å². The number of benzene rings is 2. The molecule has 3 nitrogen and oxygen atoms in total. The number of carbonyl (C=O) groups is 1. The third-order valence-electron chi connectivity index (χ3n) is 4.89. The smallest absolute Gasteiger partial charge is 0.369 e. The molecule has 2 aromatic carbocycles. The van der Waals surface area contributed by atoms with Crippen LogP contribution in [0.4, 0.5) is 32.0 Å². The Balaban J connectivity index is 2.11. The quantitative estimate of drug-likeness (QED) is 0.627. The van der Waals surface area contributed by atoms with E-state index in [2.05, 4.69) is 0 Å². The maximum atomic E-state index is 13.2. The SMILES string of the molecule is CC[C@H]1CN(C(=O)c2ccccc2)c2ccc(C(O)(C(F)(F)F)C(F)(F)F)cc2S1. The van der Waals surface area contributed by atoms with Crippen LogP contribution in [0.25, 0.3) is 0 Å². The highest BCUT2D eigenvalue weighted by atomic mass is 32.2. The third-order valence-corrected chi connectivity index (χ3v) is 6.29. The largest absolute Gasteiger partial charge is 0.430 e. The molecule has 30 heavy (non-hydrogen) atoms. The van der Waals surface area contributed by atoms with Gasteiger partial charge in [-0.25, -0.2) is 0 Å². The fraction of sp³-hybridized carbons (Fsp3) is 0.350. The number of halogens is 6. The minimum atomic E-state index is -5.97. The molecule has 0 saturated carbocycles. The molecular formula is C20H17F6NO2S. The van der Waals surface area contributed by atoms with Crippen LogP contribution >= 0.6 is 11.8 Å². The van der Waals surface area contributed by atoms with Crippen molar-refractivity contribution in [2.24, 2.45) is 0 Å². The molecule has 1 aliphatic rings. The molecule has 0 spiro atoms. The lowest BCUT2D eigenvalue weighted by molar-refractivity contribution is -0.376. The van der Waals surface area contributed by atoms with Crippen LogP contribution in [0.3, 0.4) is 0 Å². The van der Waals surface area contributed by atoms with Crippen molar-refractivity contribution in [2.45, 2.75) is 41.4 Å². The number of fused-ring (bicyclic) bond motifs is 1. The number of nitrogens with zero attached hydrogens (tertiary/aromatic N) is 1. The molecule has 0 radical (unpaired) electrons. The Bertz CT molecular complexity index is 915. The maximum absolute atomic E-state index is 13.2. The van der Waals surface area contributed by atoms with Gasteiger partial charge in [0.2, 0.25) is 0 Å². The Kier molecular flexibility index (Phi) is 5.85. The molecule has 1 N–H and O–H groups in total. The number of alkyl halides is 6. The molecule has 0 unspecified atom stereocenters. The zero-order chi connectivity index (χ0) is 22.3. The van der Waals surface area contributed by atoms with Crippen LogP contribution in [0, 0.1) is 0 Å². The molecule has 1 amide bonds. The van der Waals surface area contributed by atoms with Gasteiger partial charge in [0, 0.05) is 27.8 Å². The molecule has 162 valence electrons. The van der Waals surface area contributed by atoms with E-state index >= 15 is 0 Å². The summed E-state index contributed by atoms with van der Waals surface area (Å²) < 4.78 is 79.5. The van der Waals surface area contributed by atoms with Crippen molar-refractivity contribution in [1.29, 1.82) is 0 Å². The minimum Gasteiger partial charge on any atom is -0.369 e. The fourth-order valence-electron chi connectivity index (χ4n) is 3.20. The molecule has 1 aliphatic heterocycles. The number of hydrogen-bond acceptors (Lipinski definition) is 3. The molecule has 1 atom stereocenters. The summed E-state index contributed by atoms with van der Waals surface area (Å²) >= 11 is 1.09. The van der Waals surface area contributed by atoms with Crippen molar-refractivity contribution in [3.05, 3.63) is 59.7 Å². The van der Waals surface area contributed by atoms with E-state index in [9.17, 15) is 36.2 Å². The van der Waals surface area contributed by atoms with E-state index in [0.29, 0.717) is 24.1 Å². The van der Waals surface area contributed by atoms with Crippen molar-refractivity contribution < 1.29 is 36.2 Å². The monoisotopic (exact) mass is 449 g/mol. The molecule has 1 heterocycles. The minimum absolute atomic E-state index is 0.0711. The van der Waals surface area contributed by atoms with Crippen molar-refractivity contribution in [1.82, 2.24) is 0 Å². The number of hydrogen-bond donors (Lipinski definition) is 1. The first-order valence-electron chi connectivity index (χ1n) is 8.94. The van der Waals surface area contributed by atoms with Crippen LogP contribution in [0.15, 0.2) is 53.4 Å². The molecule has 0 aromatic heterocycles. The van der Waals surface area contributed by atoms with Gasteiger partial charge < -0.3 is 10.0 Å². The zero-order valence-electron chi connectivity index (χ0n) is 15.6. The van der Waals surface area contributed by atoms with E-state index in [1.807, 2.05) is 0 Å². The average molecular weight is 449 g/mol. The number of thioether (sulfide) groups is 1. The van der Waals surface area contributed by atoms with Crippen molar-refractivity contribution in [2.75, 3.05) is 11.4 Å². The Labute approximate surface area is 172 Å². The lowest BCUT2D eigenvalue weighted by Crippen LogP contribution is -2.54. The summed E-state index contributed by atoms with van der Waals surface area (Å²) in [4.78, 5) is 14.3. The topological polar surface area (TPSA) is 40.5 Å². The third kappa shape index (κ3) is 3.78. The van der Waals surface area contributed by atoms with Crippen LogP contribution in [0.2, 0.25) is 0 Å². The Morgan fingerprint density at radius 3 is 2.20 bits per heavy atom. The summed E-state index contributed by atoms with van der Waals surface area (Å²) in [6.45, 7) is 2.06. The summed E-state index contributed by atoms with van der Waals surface area (Å²) in [5.74, 6) is -0.412. The van der Waals surface area contributed by atoms with E-state index < -0.39 is 29.4 Å². The van der Waals surface area contributed by atoms with Gasteiger partial charge in [-0.1, -0.05) is 31.2 Å². The van der Waals surface area contributed by atoms with Crippen molar-refractivity contribution in [3.8, 4) is 0 Å². The second-order valence-corrected chi connectivity index (χ2v) is 8.16. The summed E-state index contributed by atoms with van der Waals surface area (Å²) in [5.41, 5.74) is -5.80. The molecule has 0 fully saturated rings. The molecule has 10 heteroatoms. The van der Waals surface area contributed by atoms with Gasteiger partial charge in [0.25, 0.3) is 11.5 Å². The van der Waals surface area contributed by atoms with Crippen LogP contribution in [-0.2, 0) is 5.60 Å². The predicted octanol–water partition coefficient (Wildman–Crippen LogP) is 5.53. The summed E-state index contributed by atoms with van der Waals surface area (Å²) in [6, 6.07) is 10.4. The van der Waals surface area contributed by atoms with E-state index in [1.54, 1.807) is 37.3 Å². The van der Waals surface area contributed by atoms with Gasteiger partial charge in [-0.2, -0.15) is 26.3 Å². The first kappa shape index (κ1) is 22.5. The molecule has 0 aliphatic carbocycles. The van der Waals surface area contributed by atoms with E-state index in [0.717, 1.165) is 17.8 Å². The maximum Gasteiger partial charge on any atom is 0.430 e. The van der Waals surface area contributed by atoms with Gasteiger partial charge >= 0.3 is 12.4 Å². The number of amides is 1. The summed E-state index contributed by atoms with van der Waals surface area (Å²) in [6.07, 6.45) is -11.4. The normalized spacial score (nSPS) is 17.6. The van der Waals surface area contributed by atoms with Crippen LogP contribution in [0.5, 0.6) is 0 Å². The number of carbonyl (C=O) groups excluding carboxylic acids is 1. The second-order valence-electron chi connectivity index (χ2n) is 6.82. The van der Waals surface area contributed by atoms with Gasteiger partial charge in [-0.15, -0.1) is 11.8 Å². The standard InChI is InChI=1S/C20H17F6NO2S/c1-2-14-11-27(17(28)12-6-4-3-5-7-12)15-9-8-13(10-16(15)30-14)18(29,19(21,22)23)20(24,25)26/h3-10,14,29H,2,11H2,1H3/t14-/m0/s1. The van der Waals surface area contributed by atoms with Crippen LogP contribution in [0.1, 0.15) is 29.3 Å². The lowest BCUT2D eigenvalue weighted by atomic mass is 9.92. The van der Waals surface area contributed by atoms with E-state index in [4.69, 9.17) is 0 Å². The molecular weight excluding hydrogens is 432 g/mol. The van der Waals surface area contributed by atoms with Gasteiger partial charge in [-0.05, 0) is 30.7 Å². The fourth-order valence-corrected chi connectivity index (χ4v) is 4.45. The lowest BCUT2D eigenvalue weighted by Gasteiger charge is -2.36. The number of anilines is 1. The average Bonchev–Trinajstić information content (AvgIpc) is 2.70. The Hall–Kier alpha value is -2.20. The van der Waals surface area contributed by atoms with Gasteiger partial charge in [0.1, 0.15) is 0 Å². The highest BCUT2D eigenvalue weighted by Gasteiger charge is 2.71. The summed E-state index contributed by atoms with van der Waals surface area (Å²) in [7, 11) is 0. The van der Waals surface area contributed by atoms with Crippen LogP contribution in [-0.4, -0.2) is 35.2 Å². The predicted molar refractivity (Wildman–Crippen MR) is 101 cm³/mol. The molecule has 3 rings (SSSR count).